The highest BCUT2D eigenvalue weighted by atomic mass is 16.5. The SMILES string of the molecule is CCCCCCCC/C=C/CCCCCCCCCC(=O)OC(CCCCCCCCCCCCCC)CC(=O)NC(CO)C(O)CCCCCCCCCCCCCCCCCC. The summed E-state index contributed by atoms with van der Waals surface area (Å²) < 4.78 is 5.96. The molecule has 6 heteroatoms. The van der Waals surface area contributed by atoms with Crippen LogP contribution in [-0.4, -0.2) is 46.9 Å². The summed E-state index contributed by atoms with van der Waals surface area (Å²) in [7, 11) is 0. The number of carbonyl (C=O) groups is 2. The number of unbranched alkanes of at least 4 members (excludes halogenated alkanes) is 39. The first-order chi connectivity index (χ1) is 31.5. The maximum absolute atomic E-state index is 13.2. The van der Waals surface area contributed by atoms with Crippen LogP contribution >= 0.6 is 0 Å². The van der Waals surface area contributed by atoms with Gasteiger partial charge in [0.25, 0.3) is 0 Å². The average molecular weight is 905 g/mol. The van der Waals surface area contributed by atoms with Gasteiger partial charge in [-0.15, -0.1) is 0 Å². The molecule has 0 aromatic carbocycles. The summed E-state index contributed by atoms with van der Waals surface area (Å²) in [5.74, 6) is -0.457. The van der Waals surface area contributed by atoms with Crippen molar-refractivity contribution in [3.63, 3.8) is 0 Å². The minimum absolute atomic E-state index is 0.0836. The van der Waals surface area contributed by atoms with Gasteiger partial charge in [0.15, 0.2) is 0 Å². The Hall–Kier alpha value is -1.40. The zero-order valence-electron chi connectivity index (χ0n) is 43.4. The van der Waals surface area contributed by atoms with Gasteiger partial charge in [0, 0.05) is 6.42 Å². The lowest BCUT2D eigenvalue weighted by atomic mass is 10.0. The lowest BCUT2D eigenvalue weighted by molar-refractivity contribution is -0.151. The second-order valence-electron chi connectivity index (χ2n) is 20.1. The van der Waals surface area contributed by atoms with E-state index in [9.17, 15) is 19.8 Å². The molecule has 0 aliphatic heterocycles. The van der Waals surface area contributed by atoms with Gasteiger partial charge in [-0.1, -0.05) is 270 Å². The first-order valence-corrected chi connectivity index (χ1v) is 28.9. The van der Waals surface area contributed by atoms with Crippen LogP contribution in [0.15, 0.2) is 12.2 Å². The van der Waals surface area contributed by atoms with E-state index in [1.807, 2.05) is 0 Å². The van der Waals surface area contributed by atoms with Crippen molar-refractivity contribution < 1.29 is 24.5 Å². The number of esters is 1. The van der Waals surface area contributed by atoms with Gasteiger partial charge in [0.2, 0.25) is 5.91 Å². The first kappa shape index (κ1) is 62.6. The number of aliphatic hydroxyl groups is 2. The van der Waals surface area contributed by atoms with E-state index in [0.717, 1.165) is 44.9 Å². The molecule has 3 atom stereocenters. The second-order valence-corrected chi connectivity index (χ2v) is 20.1. The van der Waals surface area contributed by atoms with Gasteiger partial charge < -0.3 is 20.3 Å². The molecular formula is C58H113NO5. The van der Waals surface area contributed by atoms with E-state index in [4.69, 9.17) is 4.74 Å². The van der Waals surface area contributed by atoms with Gasteiger partial charge in [-0.25, -0.2) is 0 Å². The van der Waals surface area contributed by atoms with E-state index < -0.39 is 18.2 Å². The number of ether oxygens (including phenoxy) is 1. The molecular weight excluding hydrogens is 791 g/mol. The zero-order valence-corrected chi connectivity index (χ0v) is 43.4. The quantitative estimate of drug-likeness (QED) is 0.0321. The van der Waals surface area contributed by atoms with Crippen molar-refractivity contribution in [2.24, 2.45) is 0 Å². The van der Waals surface area contributed by atoms with Gasteiger partial charge in [0.05, 0.1) is 25.2 Å². The van der Waals surface area contributed by atoms with Crippen molar-refractivity contribution in [2.75, 3.05) is 6.61 Å². The molecule has 0 aromatic heterocycles. The lowest BCUT2D eigenvalue weighted by Crippen LogP contribution is -2.46. The van der Waals surface area contributed by atoms with Crippen molar-refractivity contribution in [3.05, 3.63) is 12.2 Å². The molecule has 0 spiro atoms. The van der Waals surface area contributed by atoms with Gasteiger partial charge >= 0.3 is 5.97 Å². The largest absolute Gasteiger partial charge is 0.462 e. The average Bonchev–Trinajstić information content (AvgIpc) is 3.29. The topological polar surface area (TPSA) is 95.9 Å². The standard InChI is InChI=1S/C58H113NO5/c1-4-7-10-13-16-19-22-25-27-29-31-33-36-39-42-45-48-51-58(63)64-54(49-46-43-40-37-34-24-21-18-15-12-9-6-3)52-57(62)59-55(53-60)56(61)50-47-44-41-38-35-32-30-28-26-23-20-17-14-11-8-5-2/h25,27,54-56,60-61H,4-24,26,28-53H2,1-3H3,(H,59,62)/b27-25+. The summed E-state index contributed by atoms with van der Waals surface area (Å²) in [6.07, 6.45) is 59.9. The van der Waals surface area contributed by atoms with Crippen LogP contribution in [0.25, 0.3) is 0 Å². The normalized spacial score (nSPS) is 13.1. The van der Waals surface area contributed by atoms with Crippen LogP contribution in [0.3, 0.4) is 0 Å². The second kappa shape index (κ2) is 52.6. The third-order valence-electron chi connectivity index (χ3n) is 13.6. The Balaban J connectivity index is 4.45. The van der Waals surface area contributed by atoms with Crippen molar-refractivity contribution in [1.82, 2.24) is 5.32 Å². The minimum atomic E-state index is -0.783. The van der Waals surface area contributed by atoms with Crippen molar-refractivity contribution in [1.29, 1.82) is 0 Å². The maximum Gasteiger partial charge on any atom is 0.306 e. The van der Waals surface area contributed by atoms with Crippen molar-refractivity contribution in [2.45, 2.75) is 341 Å². The van der Waals surface area contributed by atoms with E-state index in [0.29, 0.717) is 19.3 Å². The number of nitrogens with one attached hydrogen (secondary N) is 1. The fourth-order valence-electron chi connectivity index (χ4n) is 9.19. The van der Waals surface area contributed by atoms with Crippen LogP contribution in [-0.2, 0) is 14.3 Å². The summed E-state index contributed by atoms with van der Waals surface area (Å²) in [5, 5.41) is 23.9. The van der Waals surface area contributed by atoms with Crippen LogP contribution < -0.4 is 5.32 Å². The van der Waals surface area contributed by atoms with Crippen LogP contribution in [0.4, 0.5) is 0 Å². The summed E-state index contributed by atoms with van der Waals surface area (Å²) in [6.45, 7) is 6.52. The first-order valence-electron chi connectivity index (χ1n) is 28.9. The Morgan fingerprint density at radius 2 is 0.750 bits per heavy atom. The molecule has 0 saturated carbocycles. The number of carbonyl (C=O) groups excluding carboxylic acids is 2. The molecule has 0 heterocycles. The summed E-state index contributed by atoms with van der Waals surface area (Å²) >= 11 is 0. The molecule has 0 aromatic rings. The van der Waals surface area contributed by atoms with E-state index >= 15 is 0 Å². The molecule has 0 bridgehead atoms. The van der Waals surface area contributed by atoms with Crippen molar-refractivity contribution >= 4 is 11.9 Å². The smallest absolute Gasteiger partial charge is 0.306 e. The molecule has 3 unspecified atom stereocenters. The molecule has 3 N–H and O–H groups in total. The third-order valence-corrected chi connectivity index (χ3v) is 13.6. The summed E-state index contributed by atoms with van der Waals surface area (Å²) in [4.78, 5) is 26.2. The highest BCUT2D eigenvalue weighted by Crippen LogP contribution is 2.19. The van der Waals surface area contributed by atoms with Crippen LogP contribution in [0.5, 0.6) is 0 Å². The molecule has 1 amide bonds. The molecule has 0 rings (SSSR count). The number of allylic oxidation sites excluding steroid dienone is 2. The predicted octanol–water partition coefficient (Wildman–Crippen LogP) is 17.7. The van der Waals surface area contributed by atoms with E-state index in [1.54, 1.807) is 0 Å². The fourth-order valence-corrected chi connectivity index (χ4v) is 9.19. The molecule has 0 aliphatic rings. The number of hydrogen-bond donors (Lipinski definition) is 3. The zero-order chi connectivity index (χ0) is 46.7. The monoisotopic (exact) mass is 904 g/mol. The van der Waals surface area contributed by atoms with E-state index in [-0.39, 0.29) is 24.9 Å². The molecule has 64 heavy (non-hydrogen) atoms. The van der Waals surface area contributed by atoms with Crippen LogP contribution in [0.1, 0.15) is 323 Å². The Morgan fingerprint density at radius 1 is 0.438 bits per heavy atom. The maximum atomic E-state index is 13.2. The molecule has 380 valence electrons. The molecule has 0 fully saturated rings. The Bertz CT molecular complexity index is 970. The molecule has 0 radical (unpaired) electrons. The molecule has 0 saturated heterocycles. The van der Waals surface area contributed by atoms with Gasteiger partial charge in [-0.05, 0) is 51.4 Å². The minimum Gasteiger partial charge on any atom is -0.462 e. The molecule has 0 aliphatic carbocycles. The summed E-state index contributed by atoms with van der Waals surface area (Å²) in [5.41, 5.74) is 0. The number of amides is 1. The number of rotatable bonds is 53. The fraction of sp³-hybridized carbons (Fsp3) is 0.931. The Kier molecular flexibility index (Phi) is 51.4. The van der Waals surface area contributed by atoms with Crippen LogP contribution in [0.2, 0.25) is 0 Å². The number of hydrogen-bond acceptors (Lipinski definition) is 5. The highest BCUT2D eigenvalue weighted by Gasteiger charge is 2.24. The van der Waals surface area contributed by atoms with Crippen molar-refractivity contribution in [3.8, 4) is 0 Å². The predicted molar refractivity (Wildman–Crippen MR) is 278 cm³/mol. The lowest BCUT2D eigenvalue weighted by Gasteiger charge is -2.24. The number of aliphatic hydroxyl groups excluding tert-OH is 2. The Morgan fingerprint density at radius 3 is 1.11 bits per heavy atom. The summed E-state index contributed by atoms with van der Waals surface area (Å²) in [6, 6.07) is -0.696. The Labute approximate surface area is 399 Å². The van der Waals surface area contributed by atoms with E-state index in [2.05, 4.69) is 38.2 Å². The highest BCUT2D eigenvalue weighted by molar-refractivity contribution is 5.77. The van der Waals surface area contributed by atoms with Crippen LogP contribution in [0, 0.1) is 0 Å². The molecule has 6 nitrogen and oxygen atoms in total. The third kappa shape index (κ3) is 47.1. The van der Waals surface area contributed by atoms with Gasteiger partial charge in [-0.3, -0.25) is 9.59 Å². The van der Waals surface area contributed by atoms with Gasteiger partial charge in [0.1, 0.15) is 6.10 Å². The van der Waals surface area contributed by atoms with Gasteiger partial charge in [-0.2, -0.15) is 0 Å². The van der Waals surface area contributed by atoms with E-state index in [1.165, 1.54) is 231 Å².